The van der Waals surface area contributed by atoms with Crippen LogP contribution in [0.4, 0.5) is 0 Å². The van der Waals surface area contributed by atoms with Gasteiger partial charge >= 0.3 is 0 Å². The van der Waals surface area contributed by atoms with Crippen LogP contribution in [0.25, 0.3) is 0 Å². The number of carbonyl (C=O) groups is 2. The Morgan fingerprint density at radius 1 is 1.06 bits per heavy atom. The molecule has 1 aliphatic carbocycles. The van der Waals surface area contributed by atoms with Crippen LogP contribution in [0.2, 0.25) is 10.0 Å². The van der Waals surface area contributed by atoms with Crippen molar-refractivity contribution < 1.29 is 19.1 Å². The van der Waals surface area contributed by atoms with Gasteiger partial charge in [0, 0.05) is 34.6 Å². The molecule has 34 heavy (non-hydrogen) atoms. The summed E-state index contributed by atoms with van der Waals surface area (Å²) in [5.41, 5.74) is 0.634. The highest BCUT2D eigenvalue weighted by atomic mass is 35.5. The van der Waals surface area contributed by atoms with E-state index in [1.807, 2.05) is 24.3 Å². The molecule has 0 radical (unpaired) electrons. The zero-order valence-corrected chi connectivity index (χ0v) is 21.2. The lowest BCUT2D eigenvalue weighted by Gasteiger charge is -2.30. The molecule has 2 aromatic carbocycles. The molecule has 0 heterocycles. The van der Waals surface area contributed by atoms with E-state index in [1.165, 1.54) is 0 Å². The smallest absolute Gasteiger partial charge is 0.242 e. The first-order valence-corrected chi connectivity index (χ1v) is 12.4. The number of rotatable bonds is 11. The molecule has 184 valence electrons. The van der Waals surface area contributed by atoms with Gasteiger partial charge in [0.1, 0.15) is 17.5 Å². The predicted molar refractivity (Wildman–Crippen MR) is 135 cm³/mol. The van der Waals surface area contributed by atoms with Gasteiger partial charge in [0.25, 0.3) is 0 Å². The zero-order valence-electron chi connectivity index (χ0n) is 19.7. The van der Waals surface area contributed by atoms with Crippen molar-refractivity contribution >= 4 is 35.0 Å². The molecule has 0 bridgehead atoms. The molecule has 1 N–H and O–H groups in total. The predicted octanol–water partition coefficient (Wildman–Crippen LogP) is 5.64. The number of hydrogen-bond acceptors (Lipinski definition) is 4. The van der Waals surface area contributed by atoms with Gasteiger partial charge in [0.2, 0.25) is 11.8 Å². The zero-order chi connectivity index (χ0) is 24.5. The van der Waals surface area contributed by atoms with Crippen molar-refractivity contribution in [3.63, 3.8) is 0 Å². The first-order chi connectivity index (χ1) is 16.4. The van der Waals surface area contributed by atoms with Gasteiger partial charge in [-0.2, -0.15) is 0 Å². The first kappa shape index (κ1) is 26.2. The van der Waals surface area contributed by atoms with Gasteiger partial charge in [-0.1, -0.05) is 42.1 Å². The number of benzene rings is 2. The second kappa shape index (κ2) is 12.9. The third kappa shape index (κ3) is 7.28. The van der Waals surface area contributed by atoms with E-state index in [0.29, 0.717) is 34.4 Å². The molecule has 1 saturated carbocycles. The van der Waals surface area contributed by atoms with Crippen molar-refractivity contribution in [2.75, 3.05) is 13.7 Å². The quantitative estimate of drug-likeness (QED) is 0.400. The lowest BCUT2D eigenvalue weighted by atomic mass is 10.1. The molecule has 1 aliphatic rings. The Balaban J connectivity index is 1.63. The van der Waals surface area contributed by atoms with Crippen molar-refractivity contribution in [2.45, 2.75) is 64.1 Å². The fourth-order valence-corrected chi connectivity index (χ4v) is 4.57. The topological polar surface area (TPSA) is 67.9 Å². The van der Waals surface area contributed by atoms with Crippen molar-refractivity contribution in [1.82, 2.24) is 10.2 Å². The number of carbonyl (C=O) groups excluding carboxylic acids is 2. The van der Waals surface area contributed by atoms with E-state index in [4.69, 9.17) is 32.7 Å². The van der Waals surface area contributed by atoms with Crippen LogP contribution in [0.1, 0.15) is 51.0 Å². The summed E-state index contributed by atoms with van der Waals surface area (Å²) in [7, 11) is 1.61. The molecule has 1 fully saturated rings. The number of amides is 2. The summed E-state index contributed by atoms with van der Waals surface area (Å²) >= 11 is 12.7. The van der Waals surface area contributed by atoms with Gasteiger partial charge in [0.15, 0.2) is 0 Å². The van der Waals surface area contributed by atoms with E-state index in [9.17, 15) is 9.59 Å². The lowest BCUT2D eigenvalue weighted by Crippen LogP contribution is -2.49. The van der Waals surface area contributed by atoms with E-state index < -0.39 is 6.04 Å². The monoisotopic (exact) mass is 506 g/mol. The maximum Gasteiger partial charge on any atom is 0.242 e. The molecular weight excluding hydrogens is 475 g/mol. The summed E-state index contributed by atoms with van der Waals surface area (Å²) < 4.78 is 10.9. The summed E-state index contributed by atoms with van der Waals surface area (Å²) in [6.07, 6.45) is 4.93. The minimum absolute atomic E-state index is 0.150. The highest BCUT2D eigenvalue weighted by Crippen LogP contribution is 2.27. The first-order valence-electron chi connectivity index (χ1n) is 11.7. The fourth-order valence-electron chi connectivity index (χ4n) is 4.06. The van der Waals surface area contributed by atoms with Crippen LogP contribution in [-0.4, -0.2) is 42.5 Å². The van der Waals surface area contributed by atoms with Crippen molar-refractivity contribution in [3.05, 3.63) is 58.1 Å². The number of hydrogen-bond donors (Lipinski definition) is 1. The molecule has 3 rings (SSSR count). The summed E-state index contributed by atoms with van der Waals surface area (Å²) in [5, 5.41) is 4.03. The van der Waals surface area contributed by atoms with Crippen LogP contribution in [0.5, 0.6) is 11.5 Å². The summed E-state index contributed by atoms with van der Waals surface area (Å²) in [6.45, 7) is 2.29. The second-order valence-electron chi connectivity index (χ2n) is 8.52. The average molecular weight is 507 g/mol. The summed E-state index contributed by atoms with van der Waals surface area (Å²) in [4.78, 5) is 27.8. The third-order valence-electron chi connectivity index (χ3n) is 6.12. The second-order valence-corrected chi connectivity index (χ2v) is 9.33. The van der Waals surface area contributed by atoms with E-state index in [1.54, 1.807) is 37.1 Å². The summed E-state index contributed by atoms with van der Waals surface area (Å²) in [5.74, 6) is 1.15. The van der Waals surface area contributed by atoms with Crippen LogP contribution < -0.4 is 14.8 Å². The largest absolute Gasteiger partial charge is 0.497 e. The molecule has 0 unspecified atom stereocenters. The minimum Gasteiger partial charge on any atom is -0.497 e. The van der Waals surface area contributed by atoms with Gasteiger partial charge in [-0.15, -0.1) is 0 Å². The highest BCUT2D eigenvalue weighted by molar-refractivity contribution is 6.36. The SMILES string of the molecule is COc1ccc(OCCCC(=O)N(Cc2c(Cl)cccc2Cl)[C@H](C)C(=O)NC2CCCC2)cc1. The van der Waals surface area contributed by atoms with Gasteiger partial charge in [0.05, 0.1) is 13.7 Å². The van der Waals surface area contributed by atoms with Crippen LogP contribution in [0.3, 0.4) is 0 Å². The molecule has 8 heteroatoms. The molecule has 2 amide bonds. The van der Waals surface area contributed by atoms with Gasteiger partial charge in [-0.05, 0) is 62.6 Å². The molecule has 0 aromatic heterocycles. The Hall–Kier alpha value is -2.44. The van der Waals surface area contributed by atoms with Gasteiger partial charge in [-0.3, -0.25) is 9.59 Å². The number of nitrogens with zero attached hydrogens (tertiary/aromatic N) is 1. The number of methoxy groups -OCH3 is 1. The Kier molecular flexibility index (Phi) is 9.90. The van der Waals surface area contributed by atoms with E-state index in [0.717, 1.165) is 31.4 Å². The van der Waals surface area contributed by atoms with Crippen LogP contribution in [-0.2, 0) is 16.1 Å². The van der Waals surface area contributed by atoms with Crippen molar-refractivity contribution in [2.24, 2.45) is 0 Å². The Bertz CT molecular complexity index is 942. The standard InChI is InChI=1S/C26H32Cl2N2O4/c1-18(26(32)29-19-7-3-4-8-19)30(17-22-23(27)9-5-10-24(22)28)25(31)11-6-16-34-21-14-12-20(33-2)13-15-21/h5,9-10,12-15,18-19H,3-4,6-8,11,16-17H2,1-2H3,(H,29,32)/t18-/m1/s1. The van der Waals surface area contributed by atoms with E-state index in [-0.39, 0.29) is 30.8 Å². The lowest BCUT2D eigenvalue weighted by molar-refractivity contribution is -0.141. The Morgan fingerprint density at radius 3 is 2.29 bits per heavy atom. The Morgan fingerprint density at radius 2 is 1.68 bits per heavy atom. The van der Waals surface area contributed by atoms with Gasteiger partial charge < -0.3 is 19.7 Å². The maximum atomic E-state index is 13.2. The molecule has 0 saturated heterocycles. The van der Waals surface area contributed by atoms with Crippen molar-refractivity contribution in [1.29, 1.82) is 0 Å². The average Bonchev–Trinajstić information content (AvgIpc) is 3.34. The van der Waals surface area contributed by atoms with Crippen LogP contribution in [0.15, 0.2) is 42.5 Å². The van der Waals surface area contributed by atoms with Crippen LogP contribution >= 0.6 is 23.2 Å². The number of ether oxygens (including phenoxy) is 2. The Labute approximate surface area is 211 Å². The third-order valence-corrected chi connectivity index (χ3v) is 6.83. The molecule has 2 aromatic rings. The molecule has 6 nitrogen and oxygen atoms in total. The highest BCUT2D eigenvalue weighted by Gasteiger charge is 2.29. The fraction of sp³-hybridized carbons (Fsp3) is 0.462. The normalized spacial score (nSPS) is 14.5. The van der Waals surface area contributed by atoms with E-state index >= 15 is 0 Å². The molecular formula is C26H32Cl2N2O4. The van der Waals surface area contributed by atoms with Crippen LogP contribution in [0, 0.1) is 0 Å². The number of nitrogens with one attached hydrogen (secondary N) is 1. The summed E-state index contributed by atoms with van der Waals surface area (Å²) in [6, 6.07) is 12.0. The van der Waals surface area contributed by atoms with Crippen molar-refractivity contribution in [3.8, 4) is 11.5 Å². The number of halogens is 2. The van der Waals surface area contributed by atoms with Gasteiger partial charge in [-0.25, -0.2) is 0 Å². The van der Waals surface area contributed by atoms with E-state index in [2.05, 4.69) is 5.32 Å². The molecule has 0 spiro atoms. The molecule has 1 atom stereocenters. The minimum atomic E-state index is -0.650. The maximum absolute atomic E-state index is 13.2. The molecule has 0 aliphatic heterocycles.